The Hall–Kier alpha value is -0.590. The number of hydrogen-bond acceptors (Lipinski definition) is 3. The lowest BCUT2D eigenvalue weighted by atomic mass is 10.1. The van der Waals surface area contributed by atoms with Gasteiger partial charge in [0.25, 0.3) is 15.0 Å². The van der Waals surface area contributed by atoms with Crippen LogP contribution in [-0.4, -0.2) is 20.9 Å². The Kier molecular flexibility index (Phi) is 5.09. The molecule has 1 fully saturated rings. The van der Waals surface area contributed by atoms with Gasteiger partial charge in [-0.3, -0.25) is 4.79 Å². The van der Waals surface area contributed by atoms with E-state index in [1.165, 1.54) is 25.0 Å². The van der Waals surface area contributed by atoms with Gasteiger partial charge in [-0.2, -0.15) is 0 Å². The molecule has 110 valence electrons. The zero-order chi connectivity index (χ0) is 14.8. The highest BCUT2D eigenvalue weighted by molar-refractivity contribution is 9.10. The summed E-state index contributed by atoms with van der Waals surface area (Å²) in [7, 11) is 1.46. The number of hydrogen-bond donors (Lipinski definition) is 1. The van der Waals surface area contributed by atoms with Crippen LogP contribution in [0.1, 0.15) is 36.0 Å². The number of benzene rings is 1. The van der Waals surface area contributed by atoms with Crippen LogP contribution in [0.2, 0.25) is 0 Å². The fourth-order valence-corrected chi connectivity index (χ4v) is 3.84. The molecule has 1 aromatic rings. The van der Waals surface area contributed by atoms with Crippen molar-refractivity contribution in [3.05, 3.63) is 28.2 Å². The minimum absolute atomic E-state index is 0.0837. The van der Waals surface area contributed by atoms with E-state index in [1.807, 2.05) is 0 Å². The third-order valence-electron chi connectivity index (χ3n) is 3.44. The fraction of sp³-hybridized carbons (Fsp3) is 0.462. The molecule has 0 aromatic heterocycles. The second kappa shape index (κ2) is 6.45. The maximum Gasteiger partial charge on any atom is 0.261 e. The zero-order valence-corrected chi connectivity index (χ0v) is 13.9. The largest absolute Gasteiger partial charge is 0.352 e. The quantitative estimate of drug-likeness (QED) is 0.815. The van der Waals surface area contributed by atoms with Crippen LogP contribution in [0.4, 0.5) is 0 Å². The molecule has 0 spiro atoms. The minimum atomic E-state index is -3.85. The first-order chi connectivity index (χ1) is 9.36. The summed E-state index contributed by atoms with van der Waals surface area (Å²) in [6.07, 6.45) is 4.71. The molecule has 1 saturated carbocycles. The molecule has 1 aliphatic rings. The number of nitrogens with one attached hydrogen (secondary N) is 1. The second-order valence-electron chi connectivity index (χ2n) is 4.97. The van der Waals surface area contributed by atoms with Crippen molar-refractivity contribution < 1.29 is 13.2 Å². The predicted molar refractivity (Wildman–Crippen MR) is 81.5 cm³/mol. The third kappa shape index (κ3) is 4.20. The molecule has 4 nitrogen and oxygen atoms in total. The zero-order valence-electron chi connectivity index (χ0n) is 10.7. The summed E-state index contributed by atoms with van der Waals surface area (Å²) in [6, 6.07) is 4.24. The van der Waals surface area contributed by atoms with Crippen LogP contribution in [-0.2, 0) is 9.05 Å². The van der Waals surface area contributed by atoms with Gasteiger partial charge in [0.15, 0.2) is 0 Å². The Morgan fingerprint density at radius 2 is 1.95 bits per heavy atom. The Morgan fingerprint density at radius 1 is 1.30 bits per heavy atom. The van der Waals surface area contributed by atoms with Crippen LogP contribution in [0.25, 0.3) is 0 Å². The van der Waals surface area contributed by atoms with E-state index in [1.54, 1.807) is 6.07 Å². The van der Waals surface area contributed by atoms with Crippen molar-refractivity contribution in [2.45, 2.75) is 30.6 Å². The normalized spacial score (nSPS) is 16.3. The van der Waals surface area contributed by atoms with Gasteiger partial charge in [-0.1, -0.05) is 28.8 Å². The first-order valence-corrected chi connectivity index (χ1v) is 9.50. The van der Waals surface area contributed by atoms with Crippen LogP contribution >= 0.6 is 26.6 Å². The molecular formula is C13H15BrClNO3S. The lowest BCUT2D eigenvalue weighted by molar-refractivity contribution is 0.0947. The lowest BCUT2D eigenvalue weighted by Gasteiger charge is -2.11. The number of carbonyl (C=O) groups is 1. The molecule has 1 aliphatic carbocycles. The number of rotatable bonds is 4. The van der Waals surface area contributed by atoms with Crippen molar-refractivity contribution in [3.8, 4) is 0 Å². The minimum Gasteiger partial charge on any atom is -0.352 e. The van der Waals surface area contributed by atoms with Gasteiger partial charge in [0.2, 0.25) is 0 Å². The van der Waals surface area contributed by atoms with Gasteiger partial charge in [0.1, 0.15) is 0 Å². The molecule has 0 atom stereocenters. The van der Waals surface area contributed by atoms with E-state index >= 15 is 0 Å². The Morgan fingerprint density at radius 3 is 2.55 bits per heavy atom. The van der Waals surface area contributed by atoms with Crippen LogP contribution in [0, 0.1) is 5.92 Å². The van der Waals surface area contributed by atoms with Gasteiger partial charge >= 0.3 is 0 Å². The molecule has 0 saturated heterocycles. The average Bonchev–Trinajstić information content (AvgIpc) is 2.87. The van der Waals surface area contributed by atoms with E-state index in [4.69, 9.17) is 10.7 Å². The van der Waals surface area contributed by atoms with Crippen molar-refractivity contribution in [3.63, 3.8) is 0 Å². The van der Waals surface area contributed by atoms with E-state index in [2.05, 4.69) is 21.2 Å². The van der Waals surface area contributed by atoms with Crippen LogP contribution in [0.5, 0.6) is 0 Å². The monoisotopic (exact) mass is 379 g/mol. The molecule has 0 unspecified atom stereocenters. The number of amides is 1. The van der Waals surface area contributed by atoms with Crippen molar-refractivity contribution >= 4 is 41.6 Å². The van der Waals surface area contributed by atoms with E-state index in [0.717, 1.165) is 12.8 Å². The topological polar surface area (TPSA) is 63.2 Å². The van der Waals surface area contributed by atoms with Crippen molar-refractivity contribution in [1.29, 1.82) is 0 Å². The standard InChI is InChI=1S/C13H15BrClNO3S/c14-11-5-10(6-12(7-11)20(15,18)19)13(17)16-8-9-3-1-2-4-9/h5-7,9H,1-4,8H2,(H,16,17). The molecule has 1 aromatic carbocycles. The highest BCUT2D eigenvalue weighted by Gasteiger charge is 2.18. The molecule has 1 N–H and O–H groups in total. The lowest BCUT2D eigenvalue weighted by Crippen LogP contribution is -2.28. The molecule has 0 radical (unpaired) electrons. The van der Waals surface area contributed by atoms with Crippen molar-refractivity contribution in [2.75, 3.05) is 6.54 Å². The summed E-state index contributed by atoms with van der Waals surface area (Å²) >= 11 is 3.19. The highest BCUT2D eigenvalue weighted by atomic mass is 79.9. The van der Waals surface area contributed by atoms with E-state index in [-0.39, 0.29) is 16.4 Å². The molecule has 0 heterocycles. The smallest absolute Gasteiger partial charge is 0.261 e. The first kappa shape index (κ1) is 15.8. The van der Waals surface area contributed by atoms with E-state index in [9.17, 15) is 13.2 Å². The maximum absolute atomic E-state index is 12.1. The predicted octanol–water partition coefficient (Wildman–Crippen LogP) is 3.30. The van der Waals surface area contributed by atoms with Crippen LogP contribution in [0.15, 0.2) is 27.6 Å². The van der Waals surface area contributed by atoms with E-state index in [0.29, 0.717) is 16.9 Å². The van der Waals surface area contributed by atoms with Crippen molar-refractivity contribution in [2.24, 2.45) is 5.92 Å². The second-order valence-corrected chi connectivity index (χ2v) is 8.46. The third-order valence-corrected chi connectivity index (χ3v) is 5.23. The summed E-state index contributed by atoms with van der Waals surface area (Å²) in [5.41, 5.74) is 0.289. The summed E-state index contributed by atoms with van der Waals surface area (Å²) in [6.45, 7) is 0.633. The van der Waals surface area contributed by atoms with Gasteiger partial charge in [0, 0.05) is 27.3 Å². The maximum atomic E-state index is 12.1. The van der Waals surface area contributed by atoms with Gasteiger partial charge in [-0.05, 0) is 37.0 Å². The summed E-state index contributed by atoms with van der Waals surface area (Å²) in [5, 5.41) is 2.85. The SMILES string of the molecule is O=C(NCC1CCCC1)c1cc(Br)cc(S(=O)(=O)Cl)c1. The molecule has 1 amide bonds. The fourth-order valence-electron chi connectivity index (χ4n) is 2.39. The Labute approximate surface area is 131 Å². The number of carbonyl (C=O) groups excluding carboxylic acids is 1. The first-order valence-electron chi connectivity index (χ1n) is 6.40. The van der Waals surface area contributed by atoms with Gasteiger partial charge in [-0.25, -0.2) is 8.42 Å². The molecule has 0 bridgehead atoms. The van der Waals surface area contributed by atoms with Crippen molar-refractivity contribution in [1.82, 2.24) is 5.32 Å². The van der Waals surface area contributed by atoms with E-state index < -0.39 is 9.05 Å². The Bertz CT molecular complexity index is 612. The van der Waals surface area contributed by atoms with Crippen LogP contribution < -0.4 is 5.32 Å². The average molecular weight is 381 g/mol. The number of halogens is 2. The van der Waals surface area contributed by atoms with Gasteiger partial charge in [0.05, 0.1) is 4.90 Å². The summed E-state index contributed by atoms with van der Waals surface area (Å²) < 4.78 is 23.2. The van der Waals surface area contributed by atoms with Crippen LogP contribution in [0.3, 0.4) is 0 Å². The Balaban J connectivity index is 2.11. The highest BCUT2D eigenvalue weighted by Crippen LogP contribution is 2.25. The molecule has 2 rings (SSSR count). The molecular weight excluding hydrogens is 366 g/mol. The summed E-state index contributed by atoms with van der Waals surface area (Å²) in [4.78, 5) is 12.0. The molecule has 20 heavy (non-hydrogen) atoms. The summed E-state index contributed by atoms with van der Waals surface area (Å²) in [5.74, 6) is 0.252. The van der Waals surface area contributed by atoms with Gasteiger partial charge in [-0.15, -0.1) is 0 Å². The van der Waals surface area contributed by atoms with Gasteiger partial charge < -0.3 is 5.32 Å². The molecule has 7 heteroatoms. The molecule has 0 aliphatic heterocycles.